The third-order valence-corrected chi connectivity index (χ3v) is 4.86. The quantitative estimate of drug-likeness (QED) is 0.619. The lowest BCUT2D eigenvalue weighted by atomic mass is 10.1. The number of carbonyl (C=O) groups is 1. The summed E-state index contributed by atoms with van der Waals surface area (Å²) in [6.45, 7) is 7.40. The highest BCUT2D eigenvalue weighted by atomic mass is 16.1. The molecule has 1 atom stereocenters. The summed E-state index contributed by atoms with van der Waals surface area (Å²) in [7, 11) is 0. The number of hydrogen-bond donors (Lipinski definition) is 1. The van der Waals surface area contributed by atoms with Gasteiger partial charge in [-0.25, -0.2) is 4.98 Å². The molecule has 0 spiro atoms. The fourth-order valence-electron chi connectivity index (χ4n) is 3.33. The number of amides is 1. The Balaban J connectivity index is 1.71. The van der Waals surface area contributed by atoms with E-state index < -0.39 is 0 Å². The maximum Gasteiger partial charge on any atom is 0.220 e. The minimum absolute atomic E-state index is 0.0637. The molecule has 0 fully saturated rings. The predicted molar refractivity (Wildman–Crippen MR) is 111 cm³/mol. The molecule has 1 aromatic heterocycles. The summed E-state index contributed by atoms with van der Waals surface area (Å²) < 4.78 is 2.26. The van der Waals surface area contributed by atoms with Gasteiger partial charge in [-0.15, -0.1) is 0 Å². The zero-order valence-corrected chi connectivity index (χ0v) is 16.5. The molecule has 0 aliphatic rings. The number of carbonyl (C=O) groups excluding carboxylic acids is 1. The maximum absolute atomic E-state index is 12.4. The zero-order valence-electron chi connectivity index (χ0n) is 16.5. The molecule has 0 bridgehead atoms. The smallest absolute Gasteiger partial charge is 0.220 e. The van der Waals surface area contributed by atoms with Crippen molar-refractivity contribution in [3.05, 3.63) is 66.0 Å². The second-order valence-corrected chi connectivity index (χ2v) is 7.57. The molecule has 1 amide bonds. The average molecular weight is 364 g/mol. The van der Waals surface area contributed by atoms with Crippen molar-refractivity contribution in [3.8, 4) is 0 Å². The van der Waals surface area contributed by atoms with E-state index in [1.807, 2.05) is 43.3 Å². The van der Waals surface area contributed by atoms with E-state index in [-0.39, 0.29) is 11.9 Å². The number of rotatable bonds is 8. The first-order valence-electron chi connectivity index (χ1n) is 9.83. The lowest BCUT2D eigenvalue weighted by Crippen LogP contribution is -2.29. The minimum Gasteiger partial charge on any atom is -0.346 e. The molecule has 1 unspecified atom stereocenters. The van der Waals surface area contributed by atoms with Crippen molar-refractivity contribution in [2.75, 3.05) is 0 Å². The largest absolute Gasteiger partial charge is 0.346 e. The van der Waals surface area contributed by atoms with E-state index in [0.29, 0.717) is 12.3 Å². The van der Waals surface area contributed by atoms with Crippen molar-refractivity contribution in [1.29, 1.82) is 0 Å². The van der Waals surface area contributed by atoms with Crippen molar-refractivity contribution in [2.45, 2.75) is 52.6 Å². The Bertz CT molecular complexity index is 883. The second-order valence-electron chi connectivity index (χ2n) is 7.57. The number of aryl methyl sites for hydroxylation is 2. The van der Waals surface area contributed by atoms with Gasteiger partial charge >= 0.3 is 0 Å². The number of benzene rings is 2. The van der Waals surface area contributed by atoms with Crippen molar-refractivity contribution >= 4 is 16.9 Å². The second kappa shape index (κ2) is 8.85. The number of fused-ring (bicyclic) bond motifs is 1. The molecule has 2 aromatic carbocycles. The van der Waals surface area contributed by atoms with Crippen LogP contribution in [0.1, 0.15) is 51.0 Å². The third-order valence-electron chi connectivity index (χ3n) is 4.86. The van der Waals surface area contributed by atoms with Crippen LogP contribution >= 0.6 is 0 Å². The monoisotopic (exact) mass is 363 g/mol. The number of para-hydroxylation sites is 2. The molecule has 0 radical (unpaired) electrons. The van der Waals surface area contributed by atoms with Gasteiger partial charge in [0.25, 0.3) is 0 Å². The molecule has 1 N–H and O–H groups in total. The molecule has 3 aromatic rings. The molecule has 0 aliphatic heterocycles. The van der Waals surface area contributed by atoms with Crippen LogP contribution in [0.5, 0.6) is 0 Å². The molecule has 3 rings (SSSR count). The number of hydrogen-bond acceptors (Lipinski definition) is 2. The van der Waals surface area contributed by atoms with Gasteiger partial charge < -0.3 is 9.88 Å². The fraction of sp³-hybridized carbons (Fsp3) is 0.391. The molecule has 0 saturated carbocycles. The SMILES string of the molecule is CC(C)CCn1c(C(C)NC(=O)CCc2ccccc2)nc2ccccc21. The lowest BCUT2D eigenvalue weighted by Gasteiger charge is -2.17. The van der Waals surface area contributed by atoms with Gasteiger partial charge in [0.2, 0.25) is 5.91 Å². The van der Waals surface area contributed by atoms with E-state index >= 15 is 0 Å². The fourth-order valence-corrected chi connectivity index (χ4v) is 3.33. The Hall–Kier alpha value is -2.62. The van der Waals surface area contributed by atoms with Gasteiger partial charge in [-0.2, -0.15) is 0 Å². The van der Waals surface area contributed by atoms with Gasteiger partial charge in [0, 0.05) is 13.0 Å². The van der Waals surface area contributed by atoms with E-state index in [4.69, 9.17) is 4.98 Å². The van der Waals surface area contributed by atoms with Gasteiger partial charge in [-0.05, 0) is 43.4 Å². The molecule has 1 heterocycles. The van der Waals surface area contributed by atoms with Crippen molar-refractivity contribution in [2.24, 2.45) is 5.92 Å². The first kappa shape index (κ1) is 19.2. The predicted octanol–water partition coefficient (Wildman–Crippen LogP) is 4.89. The molecule has 4 heteroatoms. The van der Waals surface area contributed by atoms with E-state index in [0.717, 1.165) is 36.2 Å². The van der Waals surface area contributed by atoms with Gasteiger partial charge in [-0.3, -0.25) is 4.79 Å². The Kier molecular flexibility index (Phi) is 6.28. The highest BCUT2D eigenvalue weighted by Gasteiger charge is 2.18. The van der Waals surface area contributed by atoms with Crippen LogP contribution in [-0.4, -0.2) is 15.5 Å². The Morgan fingerprint density at radius 2 is 1.74 bits per heavy atom. The molecule has 142 valence electrons. The van der Waals surface area contributed by atoms with Gasteiger partial charge in [0.05, 0.1) is 17.1 Å². The van der Waals surface area contributed by atoms with Crippen LogP contribution in [0.25, 0.3) is 11.0 Å². The van der Waals surface area contributed by atoms with Crippen molar-refractivity contribution < 1.29 is 4.79 Å². The molecule has 0 aliphatic carbocycles. The van der Waals surface area contributed by atoms with E-state index in [1.165, 1.54) is 5.56 Å². The molecule has 4 nitrogen and oxygen atoms in total. The maximum atomic E-state index is 12.4. The molecular formula is C23H29N3O. The first-order chi connectivity index (χ1) is 13.0. The first-order valence-corrected chi connectivity index (χ1v) is 9.83. The van der Waals surface area contributed by atoms with Crippen LogP contribution in [-0.2, 0) is 17.8 Å². The number of nitrogens with one attached hydrogen (secondary N) is 1. The van der Waals surface area contributed by atoms with Crippen LogP contribution < -0.4 is 5.32 Å². The molecule has 0 saturated heterocycles. The van der Waals surface area contributed by atoms with Crippen LogP contribution in [0.3, 0.4) is 0 Å². The van der Waals surface area contributed by atoms with Crippen LogP contribution in [0, 0.1) is 5.92 Å². The summed E-state index contributed by atoms with van der Waals surface area (Å²) in [5, 5.41) is 3.13. The molecule has 27 heavy (non-hydrogen) atoms. The van der Waals surface area contributed by atoms with Crippen LogP contribution in [0.2, 0.25) is 0 Å². The summed E-state index contributed by atoms with van der Waals surface area (Å²) in [4.78, 5) is 17.3. The topological polar surface area (TPSA) is 46.9 Å². The van der Waals surface area contributed by atoms with Gasteiger partial charge in [0.1, 0.15) is 5.82 Å². The van der Waals surface area contributed by atoms with E-state index in [1.54, 1.807) is 0 Å². The summed E-state index contributed by atoms with van der Waals surface area (Å²) in [5.41, 5.74) is 3.31. The Labute approximate surface area is 161 Å². The summed E-state index contributed by atoms with van der Waals surface area (Å²) in [5.74, 6) is 1.62. The van der Waals surface area contributed by atoms with Gasteiger partial charge in [-0.1, -0.05) is 56.3 Å². The Morgan fingerprint density at radius 3 is 2.48 bits per heavy atom. The number of nitrogens with zero attached hydrogens (tertiary/aromatic N) is 2. The molecular weight excluding hydrogens is 334 g/mol. The third kappa shape index (κ3) is 4.97. The summed E-state index contributed by atoms with van der Waals surface area (Å²) >= 11 is 0. The standard InChI is InChI=1S/C23H29N3O/c1-17(2)15-16-26-21-12-8-7-11-20(21)25-23(26)18(3)24-22(27)14-13-19-9-5-4-6-10-19/h4-12,17-18H,13-16H2,1-3H3,(H,24,27). The zero-order chi connectivity index (χ0) is 19.2. The van der Waals surface area contributed by atoms with E-state index in [9.17, 15) is 4.79 Å². The van der Waals surface area contributed by atoms with E-state index in [2.05, 4.69) is 41.9 Å². The van der Waals surface area contributed by atoms with Crippen molar-refractivity contribution in [3.63, 3.8) is 0 Å². The number of imidazole rings is 1. The highest BCUT2D eigenvalue weighted by Crippen LogP contribution is 2.22. The Morgan fingerprint density at radius 1 is 1.04 bits per heavy atom. The van der Waals surface area contributed by atoms with Gasteiger partial charge in [0.15, 0.2) is 0 Å². The van der Waals surface area contributed by atoms with Crippen LogP contribution in [0.4, 0.5) is 0 Å². The lowest BCUT2D eigenvalue weighted by molar-refractivity contribution is -0.121. The number of aromatic nitrogens is 2. The van der Waals surface area contributed by atoms with Crippen LogP contribution in [0.15, 0.2) is 54.6 Å². The summed E-state index contributed by atoms with van der Waals surface area (Å²) in [6.07, 6.45) is 2.33. The highest BCUT2D eigenvalue weighted by molar-refractivity contribution is 5.78. The van der Waals surface area contributed by atoms with Crippen molar-refractivity contribution in [1.82, 2.24) is 14.9 Å². The average Bonchev–Trinajstić information content (AvgIpc) is 3.04. The summed E-state index contributed by atoms with van der Waals surface area (Å²) in [6, 6.07) is 18.2. The normalized spacial score (nSPS) is 12.4. The minimum atomic E-state index is -0.118.